The van der Waals surface area contributed by atoms with Gasteiger partial charge in [0.1, 0.15) is 0 Å². The van der Waals surface area contributed by atoms with Crippen molar-refractivity contribution < 1.29 is 9.59 Å². The van der Waals surface area contributed by atoms with E-state index < -0.39 is 5.41 Å². The van der Waals surface area contributed by atoms with Crippen LogP contribution in [-0.2, 0) is 35.0 Å². The van der Waals surface area contributed by atoms with Gasteiger partial charge in [0.15, 0.2) is 0 Å². The number of nitrogens with zero attached hydrogens (tertiary/aromatic N) is 3. The molecule has 5 heteroatoms. The zero-order valence-electron chi connectivity index (χ0n) is 12.5. The molecule has 2 aliphatic rings. The van der Waals surface area contributed by atoms with Crippen LogP contribution in [0.3, 0.4) is 0 Å². The minimum absolute atomic E-state index is 0.0522. The zero-order valence-corrected chi connectivity index (χ0v) is 12.5. The quantitative estimate of drug-likeness (QED) is 0.790. The molecule has 2 aromatic rings. The molecular weight excluding hydrogens is 278 g/mol. The van der Waals surface area contributed by atoms with Crippen molar-refractivity contribution >= 4 is 11.8 Å². The fraction of sp³-hybridized carbons (Fsp3) is 0.353. The Kier molecular flexibility index (Phi) is 2.73. The molecule has 1 aromatic heterocycles. The van der Waals surface area contributed by atoms with Crippen LogP contribution in [0.2, 0.25) is 0 Å². The lowest BCUT2D eigenvalue weighted by molar-refractivity contribution is -0.140. The molecule has 1 aliphatic heterocycles. The van der Waals surface area contributed by atoms with Gasteiger partial charge in [0.25, 0.3) is 0 Å². The van der Waals surface area contributed by atoms with Gasteiger partial charge in [0.05, 0.1) is 24.0 Å². The van der Waals surface area contributed by atoms with Gasteiger partial charge >= 0.3 is 0 Å². The highest BCUT2D eigenvalue weighted by molar-refractivity contribution is 6.09. The van der Waals surface area contributed by atoms with Crippen LogP contribution < -0.4 is 0 Å². The maximum Gasteiger partial charge on any atom is 0.240 e. The molecule has 0 N–H and O–H groups in total. The van der Waals surface area contributed by atoms with Gasteiger partial charge in [-0.3, -0.25) is 14.5 Å². The molecular formula is C17H17N3O2. The van der Waals surface area contributed by atoms with Gasteiger partial charge < -0.3 is 4.57 Å². The van der Waals surface area contributed by atoms with Gasteiger partial charge in [-0.15, -0.1) is 0 Å². The molecule has 4 rings (SSSR count). The van der Waals surface area contributed by atoms with Crippen LogP contribution in [0.1, 0.15) is 29.7 Å². The number of hydrogen-bond acceptors (Lipinski definition) is 3. The highest BCUT2D eigenvalue weighted by atomic mass is 16.2. The van der Waals surface area contributed by atoms with E-state index in [9.17, 15) is 9.59 Å². The Labute approximate surface area is 128 Å². The maximum atomic E-state index is 13.0. The van der Waals surface area contributed by atoms with Crippen LogP contribution >= 0.6 is 0 Å². The summed E-state index contributed by atoms with van der Waals surface area (Å²) in [5.74, 6) is -0.133. The first-order valence-corrected chi connectivity index (χ1v) is 7.50. The molecule has 1 unspecified atom stereocenters. The maximum absolute atomic E-state index is 13.0. The molecule has 0 saturated carbocycles. The second-order valence-corrected chi connectivity index (χ2v) is 6.20. The molecule has 1 saturated heterocycles. The number of aryl methyl sites for hydroxylation is 2. The fourth-order valence-electron chi connectivity index (χ4n) is 3.75. The third kappa shape index (κ3) is 1.68. The van der Waals surface area contributed by atoms with E-state index >= 15 is 0 Å². The van der Waals surface area contributed by atoms with E-state index in [1.54, 1.807) is 12.5 Å². The SMILES string of the molecule is Cn1cncc1CN1C(=O)CC2(CCc3ccccc32)C1=O. The van der Waals surface area contributed by atoms with Crippen LogP contribution in [0.15, 0.2) is 36.8 Å². The lowest BCUT2D eigenvalue weighted by Gasteiger charge is -2.22. The smallest absolute Gasteiger partial charge is 0.240 e. The molecule has 0 radical (unpaired) electrons. The normalized spacial score (nSPS) is 23.6. The number of aromatic nitrogens is 2. The highest BCUT2D eigenvalue weighted by Crippen LogP contribution is 2.47. The second-order valence-electron chi connectivity index (χ2n) is 6.20. The van der Waals surface area contributed by atoms with Crippen LogP contribution in [0.5, 0.6) is 0 Å². The molecule has 1 aromatic carbocycles. The average Bonchev–Trinajstić information content (AvgIpc) is 3.15. The summed E-state index contributed by atoms with van der Waals surface area (Å²) in [5.41, 5.74) is 2.48. The number of carbonyl (C=O) groups is 2. The third-order valence-corrected chi connectivity index (χ3v) is 5.00. The van der Waals surface area contributed by atoms with E-state index in [-0.39, 0.29) is 11.8 Å². The Morgan fingerprint density at radius 2 is 2.09 bits per heavy atom. The van der Waals surface area contributed by atoms with E-state index in [2.05, 4.69) is 11.1 Å². The summed E-state index contributed by atoms with van der Waals surface area (Å²) in [7, 11) is 1.87. The number of hydrogen-bond donors (Lipinski definition) is 0. The van der Waals surface area contributed by atoms with E-state index in [0.717, 1.165) is 24.1 Å². The van der Waals surface area contributed by atoms with Crippen molar-refractivity contribution in [1.82, 2.24) is 14.5 Å². The Hall–Kier alpha value is -2.43. The van der Waals surface area contributed by atoms with Crippen LogP contribution in [0.4, 0.5) is 0 Å². The number of benzene rings is 1. The molecule has 112 valence electrons. The Bertz CT molecular complexity index is 780. The largest absolute Gasteiger partial charge is 0.336 e. The first kappa shape index (κ1) is 13.2. The van der Waals surface area contributed by atoms with Crippen molar-refractivity contribution in [2.45, 2.75) is 31.2 Å². The van der Waals surface area contributed by atoms with Crippen molar-refractivity contribution in [2.24, 2.45) is 7.05 Å². The molecule has 1 aliphatic carbocycles. The summed E-state index contributed by atoms with van der Waals surface area (Å²) < 4.78 is 1.84. The predicted molar refractivity (Wildman–Crippen MR) is 79.8 cm³/mol. The van der Waals surface area contributed by atoms with Gasteiger partial charge in [-0.2, -0.15) is 0 Å². The van der Waals surface area contributed by atoms with Gasteiger partial charge in [-0.05, 0) is 24.0 Å². The Balaban J connectivity index is 1.70. The summed E-state index contributed by atoms with van der Waals surface area (Å²) in [5, 5.41) is 0. The first-order chi connectivity index (χ1) is 10.6. The number of imidazole rings is 1. The van der Waals surface area contributed by atoms with Crippen molar-refractivity contribution in [2.75, 3.05) is 0 Å². The third-order valence-electron chi connectivity index (χ3n) is 5.00. The highest BCUT2D eigenvalue weighted by Gasteiger charge is 2.55. The molecule has 2 amide bonds. The van der Waals surface area contributed by atoms with Crippen molar-refractivity contribution in [3.63, 3.8) is 0 Å². The first-order valence-electron chi connectivity index (χ1n) is 7.50. The summed E-state index contributed by atoms with van der Waals surface area (Å²) in [6.45, 7) is 0.304. The molecule has 1 atom stereocenters. The molecule has 1 fully saturated rings. The number of carbonyl (C=O) groups excluding carboxylic acids is 2. The minimum Gasteiger partial charge on any atom is -0.336 e. The van der Waals surface area contributed by atoms with E-state index in [1.165, 1.54) is 10.5 Å². The van der Waals surface area contributed by atoms with Crippen molar-refractivity contribution in [1.29, 1.82) is 0 Å². The van der Waals surface area contributed by atoms with Crippen molar-refractivity contribution in [3.05, 3.63) is 53.6 Å². The van der Waals surface area contributed by atoms with Crippen molar-refractivity contribution in [3.8, 4) is 0 Å². The van der Waals surface area contributed by atoms with Gasteiger partial charge in [0, 0.05) is 19.7 Å². The number of amides is 2. The number of fused-ring (bicyclic) bond motifs is 2. The molecule has 5 nitrogen and oxygen atoms in total. The van der Waals surface area contributed by atoms with Crippen LogP contribution in [-0.4, -0.2) is 26.3 Å². The lowest BCUT2D eigenvalue weighted by atomic mass is 9.80. The Morgan fingerprint density at radius 3 is 2.86 bits per heavy atom. The Morgan fingerprint density at radius 1 is 1.27 bits per heavy atom. The van der Waals surface area contributed by atoms with E-state index in [0.29, 0.717) is 13.0 Å². The lowest BCUT2D eigenvalue weighted by Crippen LogP contribution is -2.37. The number of likely N-dealkylation sites (tertiary alicyclic amines) is 1. The standard InChI is InChI=1S/C17H17N3O2/c1-19-11-18-9-13(19)10-20-15(21)8-17(16(20)22)7-6-12-4-2-3-5-14(12)17/h2-5,9,11H,6-8,10H2,1H3. The van der Waals surface area contributed by atoms with E-state index in [4.69, 9.17) is 0 Å². The van der Waals surface area contributed by atoms with Gasteiger partial charge in [-0.1, -0.05) is 24.3 Å². The van der Waals surface area contributed by atoms with Crippen LogP contribution in [0.25, 0.3) is 0 Å². The van der Waals surface area contributed by atoms with Crippen LogP contribution in [0, 0.1) is 0 Å². The monoisotopic (exact) mass is 295 g/mol. The molecule has 0 bridgehead atoms. The number of imide groups is 1. The molecule has 22 heavy (non-hydrogen) atoms. The summed E-state index contributed by atoms with van der Waals surface area (Å²) in [6.07, 6.45) is 5.28. The predicted octanol–water partition coefficient (Wildman–Crippen LogP) is 1.56. The average molecular weight is 295 g/mol. The van der Waals surface area contributed by atoms with Gasteiger partial charge in [0.2, 0.25) is 11.8 Å². The summed E-state index contributed by atoms with van der Waals surface area (Å²) in [6, 6.07) is 8.01. The topological polar surface area (TPSA) is 55.2 Å². The second kappa shape index (κ2) is 4.53. The summed E-state index contributed by atoms with van der Waals surface area (Å²) >= 11 is 0. The summed E-state index contributed by atoms with van der Waals surface area (Å²) in [4.78, 5) is 30.9. The van der Waals surface area contributed by atoms with E-state index in [1.807, 2.05) is 29.8 Å². The zero-order chi connectivity index (χ0) is 15.3. The molecule has 2 heterocycles. The number of rotatable bonds is 2. The minimum atomic E-state index is -0.633. The van der Waals surface area contributed by atoms with Gasteiger partial charge in [-0.25, -0.2) is 4.98 Å². The fourth-order valence-corrected chi connectivity index (χ4v) is 3.75. The molecule has 1 spiro atoms.